The summed E-state index contributed by atoms with van der Waals surface area (Å²) < 4.78 is 47.5. The maximum Gasteiger partial charge on any atom is 0.291 e. The van der Waals surface area contributed by atoms with Crippen molar-refractivity contribution in [2.24, 2.45) is 5.41 Å². The Hall–Kier alpha value is -2.71. The number of anilines is 1. The molecule has 1 amide bonds. The average Bonchev–Trinajstić information content (AvgIpc) is 3.62. The monoisotopic (exact) mass is 850 g/mol. The van der Waals surface area contributed by atoms with E-state index in [0.29, 0.717) is 30.1 Å². The van der Waals surface area contributed by atoms with Crippen LogP contribution < -0.4 is 5.32 Å². The highest BCUT2D eigenvalue weighted by Crippen LogP contribution is 2.52. The van der Waals surface area contributed by atoms with Gasteiger partial charge in [0.2, 0.25) is 5.82 Å². The summed E-state index contributed by atoms with van der Waals surface area (Å²) in [4.78, 5) is 23.8. The Morgan fingerprint density at radius 3 is 2.22 bits per heavy atom. The molecule has 1 N–H and O–H groups in total. The molecule has 320 valence electrons. The highest BCUT2D eigenvalue weighted by molar-refractivity contribution is 6.76. The van der Waals surface area contributed by atoms with Crippen LogP contribution in [-0.4, -0.2) is 76.2 Å². The molecule has 1 saturated heterocycles. The number of allylic oxidation sites excluding steroid dienone is 2. The number of amides is 1. The zero-order chi connectivity index (χ0) is 44.9. The number of imidazole rings is 1. The zero-order valence-corrected chi connectivity index (χ0v) is 41.2. The molecule has 10 nitrogen and oxygen atoms in total. The highest BCUT2D eigenvalue weighted by atomic mass is 28.4. The number of nitrogens with zero attached hydrogens (tertiary/aromatic N) is 4. The Bertz CT molecular complexity index is 2020. The number of nitriles is 1. The number of rotatable bonds is 15. The van der Waals surface area contributed by atoms with E-state index >= 15 is 0 Å². The smallest absolute Gasteiger partial charge is 0.291 e. The predicted molar refractivity (Wildman–Crippen MR) is 244 cm³/mol. The van der Waals surface area contributed by atoms with Crippen molar-refractivity contribution in [1.82, 2.24) is 14.5 Å². The minimum atomic E-state index is -2.27. The highest BCUT2D eigenvalue weighted by Gasteiger charge is 2.54. The molecule has 3 aliphatic rings. The van der Waals surface area contributed by atoms with Gasteiger partial charge >= 0.3 is 0 Å². The van der Waals surface area contributed by atoms with Crippen LogP contribution in [0.1, 0.15) is 124 Å². The summed E-state index contributed by atoms with van der Waals surface area (Å²) in [6, 6.07) is 6.86. The molecule has 13 heteroatoms. The summed E-state index contributed by atoms with van der Waals surface area (Å²) in [5, 5.41) is 12.7. The normalized spacial score (nSPS) is 25.7. The maximum absolute atomic E-state index is 14.1. The van der Waals surface area contributed by atoms with Gasteiger partial charge in [-0.3, -0.25) is 4.79 Å². The number of hydrogen-bond donors (Lipinski definition) is 1. The molecular weight excluding hydrogens is 775 g/mol. The Morgan fingerprint density at radius 1 is 0.983 bits per heavy atom. The molecule has 0 radical (unpaired) electrons. The van der Waals surface area contributed by atoms with E-state index in [9.17, 15) is 12.8 Å². The molecule has 4 atom stereocenters. The van der Waals surface area contributed by atoms with Crippen LogP contribution in [0.15, 0.2) is 30.5 Å². The standard InChI is InChI=1S/C45H73N5O5Si3/c1-41(2,3)57(12,13)53-30-44-22-23-45(55-44,31-54-58(14,15)42(4,5)6)27-34(26-44)36-16-17-37(38(48-36)33-18-20-43(7,8)21-19-33)49-40(51)39-47-35(28-46)29-50(39)32-52-24-25-56(9,10)11/h16-18,26,29H,19-25,27,30-32H2,1-15H3,(H,49,51)/i22D,23D. The molecule has 5 rings (SSSR count). The van der Waals surface area contributed by atoms with Gasteiger partial charge in [0.25, 0.3) is 5.91 Å². The lowest BCUT2D eigenvalue weighted by Crippen LogP contribution is -2.50. The third kappa shape index (κ3) is 11.0. The summed E-state index contributed by atoms with van der Waals surface area (Å²) in [6.07, 6.45) is 6.96. The van der Waals surface area contributed by atoms with Gasteiger partial charge in [-0.15, -0.1) is 0 Å². The van der Waals surface area contributed by atoms with Crippen molar-refractivity contribution in [2.45, 2.75) is 174 Å². The Morgan fingerprint density at radius 2 is 1.64 bits per heavy atom. The van der Waals surface area contributed by atoms with Gasteiger partial charge in [-0.2, -0.15) is 5.26 Å². The molecule has 1 fully saturated rings. The first-order valence-corrected chi connectivity index (χ1v) is 30.6. The van der Waals surface area contributed by atoms with Crippen molar-refractivity contribution in [3.63, 3.8) is 0 Å². The van der Waals surface area contributed by atoms with Crippen LogP contribution >= 0.6 is 0 Å². The van der Waals surface area contributed by atoms with E-state index in [1.165, 1.54) is 0 Å². The van der Waals surface area contributed by atoms with Gasteiger partial charge < -0.3 is 28.2 Å². The van der Waals surface area contributed by atoms with Gasteiger partial charge in [0.15, 0.2) is 22.3 Å². The Kier molecular flexibility index (Phi) is 12.4. The lowest BCUT2D eigenvalue weighted by Gasteiger charge is -2.44. The first-order chi connectivity index (χ1) is 27.4. The number of nitrogens with one attached hydrogen (secondary N) is 1. The first kappa shape index (κ1) is 43.4. The van der Waals surface area contributed by atoms with E-state index in [1.807, 2.05) is 18.2 Å². The third-order valence-corrected chi connectivity index (χ3v) is 23.6. The third-order valence-electron chi connectivity index (χ3n) is 13.0. The van der Waals surface area contributed by atoms with Gasteiger partial charge in [-0.25, -0.2) is 9.97 Å². The van der Waals surface area contributed by atoms with Crippen molar-refractivity contribution in [2.75, 3.05) is 25.1 Å². The van der Waals surface area contributed by atoms with Crippen molar-refractivity contribution >= 4 is 47.4 Å². The zero-order valence-electron chi connectivity index (χ0n) is 40.2. The number of hydrogen-bond acceptors (Lipinski definition) is 8. The fourth-order valence-electron chi connectivity index (χ4n) is 6.77. The lowest BCUT2D eigenvalue weighted by molar-refractivity contribution is -0.119. The van der Waals surface area contributed by atoms with Crippen LogP contribution in [0, 0.1) is 16.7 Å². The Balaban J connectivity index is 1.57. The van der Waals surface area contributed by atoms with Crippen LogP contribution in [0.3, 0.4) is 0 Å². The summed E-state index contributed by atoms with van der Waals surface area (Å²) in [7, 11) is -5.86. The SMILES string of the molecule is [2H]C1C([2H])C2(CO[Si](C)(C)C(C)(C)C)CC(c3ccc(NC(=O)c4nc(C#N)cn4COCC[Si](C)(C)C)c(C4=CCC(C)(C)CC4)n3)=CC1(CO[Si](C)(C)C(C)(C)C)O2. The second kappa shape index (κ2) is 16.6. The van der Waals surface area contributed by atoms with Crippen molar-refractivity contribution < 1.29 is 25.9 Å². The predicted octanol–water partition coefficient (Wildman–Crippen LogP) is 11.4. The number of pyridine rings is 1. The number of fused-ring (bicyclic) bond motifs is 2. The van der Waals surface area contributed by atoms with Crippen molar-refractivity contribution in [3.05, 3.63) is 53.4 Å². The Labute approximate surface area is 355 Å². The molecule has 0 aromatic carbocycles. The van der Waals surface area contributed by atoms with Crippen molar-refractivity contribution in [3.8, 4) is 6.07 Å². The van der Waals surface area contributed by atoms with Crippen LogP contribution in [0.2, 0.25) is 61.9 Å². The second-order valence-electron chi connectivity index (χ2n) is 21.9. The largest absolute Gasteiger partial charge is 0.414 e. The summed E-state index contributed by atoms with van der Waals surface area (Å²) in [5.74, 6) is -0.369. The summed E-state index contributed by atoms with van der Waals surface area (Å²) >= 11 is 0. The number of aromatic nitrogens is 3. The molecule has 1 aliphatic carbocycles. The fourth-order valence-corrected chi connectivity index (χ4v) is 9.58. The van der Waals surface area contributed by atoms with Gasteiger partial charge in [0.1, 0.15) is 18.4 Å². The molecule has 4 unspecified atom stereocenters. The quantitative estimate of drug-likeness (QED) is 0.139. The van der Waals surface area contributed by atoms with E-state index < -0.39 is 54.6 Å². The lowest BCUT2D eigenvalue weighted by atomic mass is 9.77. The number of carbonyl (C=O) groups is 1. The first-order valence-electron chi connectivity index (χ1n) is 22.2. The molecule has 2 aliphatic heterocycles. The minimum Gasteiger partial charge on any atom is -0.414 e. The minimum absolute atomic E-state index is 0.0526. The summed E-state index contributed by atoms with van der Waals surface area (Å²) in [6.45, 7) is 34.4. The van der Waals surface area contributed by atoms with Crippen LogP contribution in [0.5, 0.6) is 0 Å². The van der Waals surface area contributed by atoms with Gasteiger partial charge in [0.05, 0.1) is 35.9 Å². The molecule has 0 spiro atoms. The van der Waals surface area contributed by atoms with E-state index in [0.717, 1.165) is 36.5 Å². The summed E-state index contributed by atoms with van der Waals surface area (Å²) in [5.41, 5.74) is 1.86. The molecule has 0 saturated carbocycles. The van der Waals surface area contributed by atoms with Crippen molar-refractivity contribution in [1.29, 1.82) is 5.26 Å². The van der Waals surface area contributed by atoms with Gasteiger partial charge in [-0.1, -0.05) is 81.1 Å². The van der Waals surface area contributed by atoms with Crippen LogP contribution in [0.25, 0.3) is 11.1 Å². The number of ether oxygens (including phenoxy) is 2. The molecule has 58 heavy (non-hydrogen) atoms. The molecule has 2 bridgehead atoms. The van der Waals surface area contributed by atoms with E-state index in [2.05, 4.69) is 124 Å². The number of carbonyl (C=O) groups excluding carboxylic acids is 1. The maximum atomic E-state index is 14.1. The molecular formula is C45H73N5O5Si3. The second-order valence-corrected chi connectivity index (χ2v) is 37.2. The molecule has 4 heterocycles. The molecule has 2 aromatic rings. The molecule has 2 aromatic heterocycles. The van der Waals surface area contributed by atoms with Gasteiger partial charge in [-0.05, 0) is 109 Å². The van der Waals surface area contributed by atoms with E-state index in [4.69, 9.17) is 23.3 Å². The van der Waals surface area contributed by atoms with E-state index in [1.54, 1.807) is 10.8 Å². The average molecular weight is 850 g/mol. The topological polar surface area (TPSA) is 121 Å². The van der Waals surface area contributed by atoms with Crippen LogP contribution in [-0.2, 0) is 25.1 Å². The fraction of sp³-hybridized carbons (Fsp3) is 0.689. The van der Waals surface area contributed by atoms with Crippen LogP contribution in [0.4, 0.5) is 5.69 Å². The van der Waals surface area contributed by atoms with E-state index in [-0.39, 0.29) is 47.0 Å². The van der Waals surface area contributed by atoms with Gasteiger partial charge in [0, 0.05) is 30.0 Å².